The minimum atomic E-state index is -0.0261. The maximum atomic E-state index is 11.9. The minimum Gasteiger partial charge on any atom is -0.421 e. The maximum Gasteiger partial charge on any atom is 0.248 e. The van der Waals surface area contributed by atoms with Crippen LogP contribution in [0.1, 0.15) is 23.4 Å². The molecule has 0 atom stereocenters. The molecule has 23 heavy (non-hydrogen) atoms. The van der Waals surface area contributed by atoms with Crippen LogP contribution in [0.25, 0.3) is 11.5 Å². The van der Waals surface area contributed by atoms with Crippen LogP contribution in [0.3, 0.4) is 0 Å². The number of nitrogens with one attached hydrogen (secondary N) is 1. The Morgan fingerprint density at radius 1 is 1.30 bits per heavy atom. The van der Waals surface area contributed by atoms with E-state index in [0.29, 0.717) is 31.2 Å². The van der Waals surface area contributed by atoms with Crippen molar-refractivity contribution >= 4 is 17.2 Å². The summed E-state index contributed by atoms with van der Waals surface area (Å²) >= 11 is 1.58. The zero-order chi connectivity index (χ0) is 16.1. The van der Waals surface area contributed by atoms with Crippen molar-refractivity contribution in [1.82, 2.24) is 15.5 Å². The fraction of sp³-hybridized carbons (Fsp3) is 0.235. The van der Waals surface area contributed by atoms with Crippen molar-refractivity contribution in [2.24, 2.45) is 0 Å². The zero-order valence-electron chi connectivity index (χ0n) is 12.8. The molecule has 118 valence electrons. The lowest BCUT2D eigenvalue weighted by Crippen LogP contribution is -2.23. The molecule has 0 fully saturated rings. The van der Waals surface area contributed by atoms with E-state index in [1.807, 2.05) is 41.9 Å². The molecule has 0 aliphatic carbocycles. The number of benzene rings is 1. The standard InChI is InChI=1S/C17H17N3O2S/c1-12-3-2-4-13(9-12)10-18-15(21)5-6-16-19-20-17(22-16)14-7-8-23-11-14/h2-4,7-9,11H,5-6,10H2,1H3,(H,18,21). The van der Waals surface area contributed by atoms with Gasteiger partial charge < -0.3 is 9.73 Å². The lowest BCUT2D eigenvalue weighted by Gasteiger charge is -2.05. The summed E-state index contributed by atoms with van der Waals surface area (Å²) in [5, 5.41) is 14.8. The molecule has 3 rings (SSSR count). The molecule has 0 saturated heterocycles. The summed E-state index contributed by atoms with van der Waals surface area (Å²) in [6.07, 6.45) is 0.772. The normalized spacial score (nSPS) is 10.7. The fourth-order valence-corrected chi connectivity index (χ4v) is 2.82. The molecule has 0 aliphatic heterocycles. The average Bonchev–Trinajstić information content (AvgIpc) is 3.22. The number of aromatic nitrogens is 2. The number of nitrogens with zero attached hydrogens (tertiary/aromatic N) is 2. The van der Waals surface area contributed by atoms with Crippen LogP contribution in [0, 0.1) is 6.92 Å². The molecule has 1 amide bonds. The van der Waals surface area contributed by atoms with Gasteiger partial charge in [0.1, 0.15) is 0 Å². The topological polar surface area (TPSA) is 68.0 Å². The molecular weight excluding hydrogens is 310 g/mol. The SMILES string of the molecule is Cc1cccc(CNC(=O)CCc2nnc(-c3ccsc3)o2)c1. The smallest absolute Gasteiger partial charge is 0.248 e. The molecule has 2 aromatic heterocycles. The van der Waals surface area contributed by atoms with Gasteiger partial charge in [-0.2, -0.15) is 11.3 Å². The number of carbonyl (C=O) groups is 1. The van der Waals surface area contributed by atoms with Crippen LogP contribution in [0.5, 0.6) is 0 Å². The van der Waals surface area contributed by atoms with Gasteiger partial charge >= 0.3 is 0 Å². The Bertz CT molecular complexity index is 781. The third kappa shape index (κ3) is 4.26. The third-order valence-corrected chi connectivity index (χ3v) is 4.06. The second-order valence-electron chi connectivity index (χ2n) is 5.28. The number of hydrogen-bond acceptors (Lipinski definition) is 5. The first-order chi connectivity index (χ1) is 11.2. The summed E-state index contributed by atoms with van der Waals surface area (Å²) in [6, 6.07) is 10.0. The molecule has 2 heterocycles. The predicted molar refractivity (Wildman–Crippen MR) is 89.0 cm³/mol. The molecule has 0 radical (unpaired) electrons. The molecule has 0 saturated carbocycles. The summed E-state index contributed by atoms with van der Waals surface area (Å²) in [5.41, 5.74) is 3.19. The van der Waals surface area contributed by atoms with Gasteiger partial charge in [0.15, 0.2) is 0 Å². The van der Waals surface area contributed by atoms with Gasteiger partial charge in [-0.05, 0) is 23.9 Å². The Labute approximate surface area is 138 Å². The van der Waals surface area contributed by atoms with E-state index in [4.69, 9.17) is 4.42 Å². The van der Waals surface area contributed by atoms with Crippen LogP contribution < -0.4 is 5.32 Å². The highest BCUT2D eigenvalue weighted by molar-refractivity contribution is 7.08. The summed E-state index contributed by atoms with van der Waals surface area (Å²) < 4.78 is 5.56. The third-order valence-electron chi connectivity index (χ3n) is 3.37. The van der Waals surface area contributed by atoms with Gasteiger partial charge in [-0.1, -0.05) is 29.8 Å². The first-order valence-electron chi connectivity index (χ1n) is 7.38. The zero-order valence-corrected chi connectivity index (χ0v) is 13.6. The monoisotopic (exact) mass is 327 g/mol. The van der Waals surface area contributed by atoms with Crippen LogP contribution >= 0.6 is 11.3 Å². The van der Waals surface area contributed by atoms with E-state index >= 15 is 0 Å². The number of amides is 1. The van der Waals surface area contributed by atoms with Crippen LogP contribution in [0.2, 0.25) is 0 Å². The van der Waals surface area contributed by atoms with Crippen molar-refractivity contribution in [3.63, 3.8) is 0 Å². The Morgan fingerprint density at radius 3 is 3.00 bits per heavy atom. The van der Waals surface area contributed by atoms with Gasteiger partial charge in [0.25, 0.3) is 0 Å². The predicted octanol–water partition coefficient (Wildman–Crippen LogP) is 3.36. The number of hydrogen-bond donors (Lipinski definition) is 1. The Balaban J connectivity index is 1.47. The van der Waals surface area contributed by atoms with Crippen LogP contribution in [-0.2, 0) is 17.8 Å². The summed E-state index contributed by atoms with van der Waals surface area (Å²) in [5.74, 6) is 0.958. The van der Waals surface area contributed by atoms with Gasteiger partial charge in [-0.25, -0.2) is 0 Å². The van der Waals surface area contributed by atoms with Crippen molar-refractivity contribution in [3.05, 3.63) is 58.1 Å². The van der Waals surface area contributed by atoms with Crippen LogP contribution in [0.15, 0.2) is 45.5 Å². The van der Waals surface area contributed by atoms with Gasteiger partial charge in [0.05, 0.1) is 0 Å². The van der Waals surface area contributed by atoms with Crippen molar-refractivity contribution in [2.75, 3.05) is 0 Å². The number of aryl methyl sites for hydroxylation is 2. The van der Waals surface area contributed by atoms with Crippen molar-refractivity contribution in [1.29, 1.82) is 0 Å². The first-order valence-corrected chi connectivity index (χ1v) is 8.32. The molecule has 0 bridgehead atoms. The van der Waals surface area contributed by atoms with Crippen molar-refractivity contribution < 1.29 is 9.21 Å². The van der Waals surface area contributed by atoms with Gasteiger partial charge in [-0.3, -0.25) is 4.79 Å². The lowest BCUT2D eigenvalue weighted by atomic mass is 10.1. The Kier molecular flexibility index (Phi) is 4.83. The second-order valence-corrected chi connectivity index (χ2v) is 6.06. The summed E-state index contributed by atoms with van der Waals surface area (Å²) in [6.45, 7) is 2.57. The highest BCUT2D eigenvalue weighted by atomic mass is 32.1. The van der Waals surface area contributed by atoms with E-state index in [1.54, 1.807) is 11.3 Å². The molecule has 1 N–H and O–H groups in total. The van der Waals surface area contributed by atoms with Gasteiger partial charge in [0, 0.05) is 30.3 Å². The lowest BCUT2D eigenvalue weighted by molar-refractivity contribution is -0.121. The fourth-order valence-electron chi connectivity index (χ4n) is 2.19. The molecule has 3 aromatic rings. The summed E-state index contributed by atoms with van der Waals surface area (Å²) in [7, 11) is 0. The molecular formula is C17H17N3O2S. The number of thiophene rings is 1. The molecule has 1 aromatic carbocycles. The Morgan fingerprint density at radius 2 is 2.22 bits per heavy atom. The van der Waals surface area contributed by atoms with E-state index in [-0.39, 0.29) is 5.91 Å². The van der Waals surface area contributed by atoms with E-state index < -0.39 is 0 Å². The highest BCUT2D eigenvalue weighted by Crippen LogP contribution is 2.20. The van der Waals surface area contributed by atoms with Crippen LogP contribution in [-0.4, -0.2) is 16.1 Å². The van der Waals surface area contributed by atoms with E-state index in [1.165, 1.54) is 5.56 Å². The number of carbonyl (C=O) groups excluding carboxylic acids is 1. The number of rotatable bonds is 6. The highest BCUT2D eigenvalue weighted by Gasteiger charge is 2.10. The van der Waals surface area contributed by atoms with E-state index in [0.717, 1.165) is 11.1 Å². The quantitative estimate of drug-likeness (QED) is 0.754. The molecule has 6 heteroatoms. The molecule has 0 unspecified atom stereocenters. The minimum absolute atomic E-state index is 0.0261. The van der Waals surface area contributed by atoms with Gasteiger partial charge in [-0.15, -0.1) is 10.2 Å². The molecule has 5 nitrogen and oxygen atoms in total. The Hall–Kier alpha value is -2.47. The van der Waals surface area contributed by atoms with Gasteiger partial charge in [0.2, 0.25) is 17.7 Å². The maximum absolute atomic E-state index is 11.9. The largest absolute Gasteiger partial charge is 0.421 e. The van der Waals surface area contributed by atoms with Crippen LogP contribution in [0.4, 0.5) is 0 Å². The molecule has 0 aliphatic rings. The average molecular weight is 327 g/mol. The summed E-state index contributed by atoms with van der Waals surface area (Å²) in [4.78, 5) is 11.9. The van der Waals surface area contributed by atoms with E-state index in [9.17, 15) is 4.79 Å². The first kappa shape index (κ1) is 15.4. The van der Waals surface area contributed by atoms with Crippen molar-refractivity contribution in [3.8, 4) is 11.5 Å². The second kappa shape index (κ2) is 7.19. The molecule has 0 spiro atoms. The van der Waals surface area contributed by atoms with E-state index in [2.05, 4.69) is 21.6 Å². The van der Waals surface area contributed by atoms with Crippen molar-refractivity contribution in [2.45, 2.75) is 26.3 Å².